The highest BCUT2D eigenvalue weighted by molar-refractivity contribution is 7.88. The minimum absolute atomic E-state index is 0.0417. The third-order valence-electron chi connectivity index (χ3n) is 4.54. The van der Waals surface area contributed by atoms with Gasteiger partial charge in [-0.25, -0.2) is 17.1 Å². The van der Waals surface area contributed by atoms with Gasteiger partial charge in [0.2, 0.25) is 15.9 Å². The maximum absolute atomic E-state index is 13.6. The van der Waals surface area contributed by atoms with Crippen molar-refractivity contribution < 1.29 is 17.6 Å². The molecule has 26 heavy (non-hydrogen) atoms. The lowest BCUT2D eigenvalue weighted by Gasteiger charge is -2.30. The number of hydrogen-bond donors (Lipinski definition) is 1. The number of hydrogen-bond acceptors (Lipinski definition) is 3. The molecule has 0 radical (unpaired) electrons. The fourth-order valence-corrected chi connectivity index (χ4v) is 4.63. The van der Waals surface area contributed by atoms with Crippen LogP contribution in [0.4, 0.5) is 10.1 Å². The van der Waals surface area contributed by atoms with Gasteiger partial charge in [0.05, 0.1) is 11.4 Å². The van der Waals surface area contributed by atoms with Crippen molar-refractivity contribution in [1.82, 2.24) is 4.31 Å². The van der Waals surface area contributed by atoms with Crippen molar-refractivity contribution in [3.05, 3.63) is 66.0 Å². The Labute approximate surface area is 152 Å². The largest absolute Gasteiger partial charge is 0.323 e. The van der Waals surface area contributed by atoms with Gasteiger partial charge < -0.3 is 5.32 Å². The number of carbonyl (C=O) groups excluding carboxylic acids is 1. The van der Waals surface area contributed by atoms with Crippen molar-refractivity contribution in [3.63, 3.8) is 0 Å². The summed E-state index contributed by atoms with van der Waals surface area (Å²) in [5.74, 6) is -1.11. The zero-order chi connectivity index (χ0) is 18.6. The van der Waals surface area contributed by atoms with E-state index in [0.717, 1.165) is 5.56 Å². The van der Waals surface area contributed by atoms with Crippen LogP contribution in [0, 0.1) is 11.7 Å². The summed E-state index contributed by atoms with van der Waals surface area (Å²) >= 11 is 0. The minimum Gasteiger partial charge on any atom is -0.323 e. The maximum atomic E-state index is 13.6. The number of piperidine rings is 1. The zero-order valence-electron chi connectivity index (χ0n) is 14.3. The summed E-state index contributed by atoms with van der Waals surface area (Å²) in [4.78, 5) is 12.3. The van der Waals surface area contributed by atoms with Crippen LogP contribution in [-0.4, -0.2) is 31.7 Å². The van der Waals surface area contributed by atoms with Gasteiger partial charge in [0, 0.05) is 19.0 Å². The molecule has 0 spiro atoms. The molecule has 1 amide bonds. The van der Waals surface area contributed by atoms with Gasteiger partial charge in [-0.2, -0.15) is 0 Å². The monoisotopic (exact) mass is 376 g/mol. The summed E-state index contributed by atoms with van der Waals surface area (Å²) in [5.41, 5.74) is 0.892. The van der Waals surface area contributed by atoms with E-state index in [0.29, 0.717) is 25.9 Å². The number of rotatable bonds is 5. The number of nitrogens with one attached hydrogen (secondary N) is 1. The van der Waals surface area contributed by atoms with Crippen molar-refractivity contribution in [3.8, 4) is 0 Å². The van der Waals surface area contributed by atoms with E-state index in [1.165, 1.54) is 16.4 Å². The van der Waals surface area contributed by atoms with Crippen molar-refractivity contribution >= 4 is 21.6 Å². The van der Waals surface area contributed by atoms with Gasteiger partial charge in [-0.05, 0) is 30.5 Å². The standard InChI is InChI=1S/C19H21FN2O3S/c20-17-8-4-5-9-18(17)21-19(23)16-10-12-22(13-11-16)26(24,25)14-15-6-2-1-3-7-15/h1-9,16H,10-14H2,(H,21,23). The molecular formula is C19H21FN2O3S. The van der Waals surface area contributed by atoms with E-state index < -0.39 is 15.8 Å². The minimum atomic E-state index is -3.41. The second-order valence-electron chi connectivity index (χ2n) is 6.38. The summed E-state index contributed by atoms with van der Waals surface area (Å²) in [6.45, 7) is 0.592. The number of benzene rings is 2. The molecular weight excluding hydrogens is 355 g/mol. The van der Waals surface area contributed by atoms with E-state index in [2.05, 4.69) is 5.32 Å². The quantitative estimate of drug-likeness (QED) is 0.872. The van der Waals surface area contributed by atoms with Crippen LogP contribution in [0.15, 0.2) is 54.6 Å². The SMILES string of the molecule is O=C(Nc1ccccc1F)C1CCN(S(=O)(=O)Cc2ccccc2)CC1. The summed E-state index contributed by atoms with van der Waals surface area (Å²) in [7, 11) is -3.41. The lowest BCUT2D eigenvalue weighted by atomic mass is 9.97. The molecule has 1 heterocycles. The third kappa shape index (κ3) is 4.47. The van der Waals surface area contributed by atoms with Crippen LogP contribution >= 0.6 is 0 Å². The van der Waals surface area contributed by atoms with Gasteiger partial charge in [0.25, 0.3) is 0 Å². The Morgan fingerprint density at radius 3 is 2.31 bits per heavy atom. The van der Waals surface area contributed by atoms with Gasteiger partial charge in [-0.15, -0.1) is 0 Å². The number of sulfonamides is 1. The molecule has 5 nitrogen and oxygen atoms in total. The Hall–Kier alpha value is -2.25. The summed E-state index contributed by atoms with van der Waals surface area (Å²) in [5, 5.41) is 2.59. The average molecular weight is 376 g/mol. The molecule has 0 unspecified atom stereocenters. The zero-order valence-corrected chi connectivity index (χ0v) is 15.1. The van der Waals surface area contributed by atoms with Gasteiger partial charge in [-0.1, -0.05) is 42.5 Å². The molecule has 1 aliphatic heterocycles. The van der Waals surface area contributed by atoms with Crippen LogP contribution in [0.1, 0.15) is 18.4 Å². The maximum Gasteiger partial charge on any atom is 0.227 e. The Bertz CT molecular complexity index is 863. The number of amides is 1. The molecule has 1 N–H and O–H groups in total. The molecule has 0 aliphatic carbocycles. The van der Waals surface area contributed by atoms with E-state index in [-0.39, 0.29) is 23.3 Å². The Balaban J connectivity index is 1.57. The Morgan fingerprint density at radius 1 is 1.04 bits per heavy atom. The molecule has 138 valence electrons. The molecule has 7 heteroatoms. The van der Waals surface area contributed by atoms with E-state index >= 15 is 0 Å². The highest BCUT2D eigenvalue weighted by Gasteiger charge is 2.31. The fourth-order valence-electron chi connectivity index (χ4n) is 3.07. The Morgan fingerprint density at radius 2 is 1.65 bits per heavy atom. The number of nitrogens with zero attached hydrogens (tertiary/aromatic N) is 1. The van der Waals surface area contributed by atoms with E-state index in [9.17, 15) is 17.6 Å². The van der Waals surface area contributed by atoms with Crippen LogP contribution in [0.3, 0.4) is 0 Å². The van der Waals surface area contributed by atoms with Gasteiger partial charge >= 0.3 is 0 Å². The average Bonchev–Trinajstić information content (AvgIpc) is 2.64. The first-order valence-corrected chi connectivity index (χ1v) is 10.1. The smallest absolute Gasteiger partial charge is 0.227 e. The number of anilines is 1. The second kappa shape index (κ2) is 7.97. The molecule has 1 fully saturated rings. The van der Waals surface area contributed by atoms with Crippen LogP contribution < -0.4 is 5.32 Å². The molecule has 2 aromatic carbocycles. The van der Waals surface area contributed by atoms with Gasteiger partial charge in [0.15, 0.2) is 0 Å². The van der Waals surface area contributed by atoms with E-state index in [1.807, 2.05) is 18.2 Å². The predicted octanol–water partition coefficient (Wildman–Crippen LogP) is 3.01. The molecule has 0 atom stereocenters. The number of para-hydroxylation sites is 1. The first-order chi connectivity index (χ1) is 12.5. The number of halogens is 1. The molecule has 0 bridgehead atoms. The molecule has 0 aromatic heterocycles. The van der Waals surface area contributed by atoms with E-state index in [4.69, 9.17) is 0 Å². The van der Waals surface area contributed by atoms with Crippen molar-refractivity contribution in [2.24, 2.45) is 5.92 Å². The van der Waals surface area contributed by atoms with Gasteiger partial charge in [0.1, 0.15) is 5.82 Å². The molecule has 3 rings (SSSR count). The number of carbonyl (C=O) groups is 1. The normalized spacial score (nSPS) is 16.3. The predicted molar refractivity (Wildman–Crippen MR) is 98.4 cm³/mol. The van der Waals surface area contributed by atoms with E-state index in [1.54, 1.807) is 24.3 Å². The fraction of sp³-hybridized carbons (Fsp3) is 0.316. The molecule has 0 saturated carbocycles. The van der Waals surface area contributed by atoms with Crippen LogP contribution in [-0.2, 0) is 20.6 Å². The van der Waals surface area contributed by atoms with Crippen molar-refractivity contribution in [2.75, 3.05) is 18.4 Å². The summed E-state index contributed by atoms with van der Waals surface area (Å²) in [6, 6.07) is 15.0. The topological polar surface area (TPSA) is 66.5 Å². The second-order valence-corrected chi connectivity index (χ2v) is 8.35. The highest BCUT2D eigenvalue weighted by Crippen LogP contribution is 2.23. The highest BCUT2D eigenvalue weighted by atomic mass is 32.2. The Kier molecular flexibility index (Phi) is 5.68. The van der Waals surface area contributed by atoms with Crippen LogP contribution in [0.5, 0.6) is 0 Å². The van der Waals surface area contributed by atoms with Crippen LogP contribution in [0.25, 0.3) is 0 Å². The summed E-state index contributed by atoms with van der Waals surface area (Å²) < 4.78 is 40.2. The van der Waals surface area contributed by atoms with Crippen LogP contribution in [0.2, 0.25) is 0 Å². The van der Waals surface area contributed by atoms with Gasteiger partial charge in [-0.3, -0.25) is 4.79 Å². The lowest BCUT2D eigenvalue weighted by molar-refractivity contribution is -0.120. The third-order valence-corrected chi connectivity index (χ3v) is 6.39. The first kappa shape index (κ1) is 18.5. The van der Waals surface area contributed by atoms with Crippen molar-refractivity contribution in [1.29, 1.82) is 0 Å². The molecule has 2 aromatic rings. The lowest BCUT2D eigenvalue weighted by Crippen LogP contribution is -2.41. The summed E-state index contributed by atoms with van der Waals surface area (Å²) in [6.07, 6.45) is 0.850. The molecule has 1 aliphatic rings. The van der Waals surface area contributed by atoms with Crippen molar-refractivity contribution in [2.45, 2.75) is 18.6 Å². The molecule has 1 saturated heterocycles. The first-order valence-electron chi connectivity index (χ1n) is 8.53.